The molecule has 2 heterocycles. The Kier molecular flexibility index (Phi) is 4.35. The molecule has 1 aromatic carbocycles. The van der Waals surface area contributed by atoms with E-state index in [0.717, 1.165) is 17.3 Å². The van der Waals surface area contributed by atoms with Gasteiger partial charge in [-0.15, -0.1) is 0 Å². The molecule has 1 aromatic rings. The van der Waals surface area contributed by atoms with Crippen LogP contribution in [-0.4, -0.2) is 61.8 Å². The van der Waals surface area contributed by atoms with E-state index in [1.807, 2.05) is 7.85 Å². The van der Waals surface area contributed by atoms with Gasteiger partial charge in [-0.2, -0.15) is 8.42 Å². The molecule has 0 aliphatic carbocycles. The number of benzene rings is 1. The van der Waals surface area contributed by atoms with E-state index in [2.05, 4.69) is 5.16 Å². The van der Waals surface area contributed by atoms with E-state index in [1.165, 1.54) is 0 Å². The van der Waals surface area contributed by atoms with Gasteiger partial charge in [-0.05, 0) is 11.5 Å². The van der Waals surface area contributed by atoms with Gasteiger partial charge in [0.1, 0.15) is 32.5 Å². The molecule has 0 saturated heterocycles. The number of hydrogen-bond acceptors (Lipinski definition) is 8. The summed E-state index contributed by atoms with van der Waals surface area (Å²) in [6.45, 7) is 0.210. The average molecular weight is 355 g/mol. The van der Waals surface area contributed by atoms with Crippen molar-refractivity contribution >= 4 is 29.1 Å². The molecule has 2 aliphatic heterocycles. The molecule has 0 N–H and O–H groups in total. The molecule has 10 heteroatoms. The summed E-state index contributed by atoms with van der Waals surface area (Å²) in [6, 6.07) is 1.79. The van der Waals surface area contributed by atoms with Crippen molar-refractivity contribution in [1.82, 2.24) is 0 Å². The number of ether oxygens (including phenoxy) is 3. The van der Waals surface area contributed by atoms with Gasteiger partial charge in [-0.1, -0.05) is 5.16 Å². The smallest absolute Gasteiger partial charge is 0.264 e. The second-order valence-electron chi connectivity index (χ2n) is 5.64. The van der Waals surface area contributed by atoms with Gasteiger partial charge >= 0.3 is 0 Å². The van der Waals surface area contributed by atoms with E-state index in [4.69, 9.17) is 23.2 Å². The molecule has 0 amide bonds. The highest BCUT2D eigenvalue weighted by Gasteiger charge is 2.41. The van der Waals surface area contributed by atoms with E-state index in [9.17, 15) is 8.42 Å². The summed E-state index contributed by atoms with van der Waals surface area (Å²) in [6.07, 6.45) is 0.480. The monoisotopic (exact) mass is 355 g/mol. The minimum atomic E-state index is -3.54. The molecule has 0 saturated carbocycles. The third kappa shape index (κ3) is 2.91. The molecule has 0 radical (unpaired) electrons. The number of rotatable bonds is 5. The highest BCUT2D eigenvalue weighted by molar-refractivity contribution is 7.85. The highest BCUT2D eigenvalue weighted by Crippen LogP contribution is 2.38. The molecule has 0 bridgehead atoms. The Morgan fingerprint density at radius 2 is 2.12 bits per heavy atom. The molecular formula is C14H18BNO7S. The lowest BCUT2D eigenvalue weighted by Gasteiger charge is -2.27. The van der Waals surface area contributed by atoms with Crippen LogP contribution in [-0.2, 0) is 19.1 Å². The van der Waals surface area contributed by atoms with Gasteiger partial charge in [0.05, 0.1) is 26.4 Å². The molecule has 0 spiro atoms. The number of hydrogen-bond donors (Lipinski definition) is 0. The van der Waals surface area contributed by atoms with Gasteiger partial charge in [0.15, 0.2) is 17.6 Å². The number of oxime groups is 1. The van der Waals surface area contributed by atoms with Crippen LogP contribution in [0.2, 0.25) is 0 Å². The Bertz CT molecular complexity index is 793. The lowest BCUT2D eigenvalue weighted by Crippen LogP contribution is -2.38. The van der Waals surface area contributed by atoms with Crippen LogP contribution < -0.4 is 19.7 Å². The maximum Gasteiger partial charge on any atom is 0.264 e. The fourth-order valence-corrected chi connectivity index (χ4v) is 3.30. The summed E-state index contributed by atoms with van der Waals surface area (Å²) in [5.41, 5.74) is 2.26. The summed E-state index contributed by atoms with van der Waals surface area (Å²) in [7, 11) is 1.45. The summed E-state index contributed by atoms with van der Waals surface area (Å²) >= 11 is 0. The SMILES string of the molecule is Bc1c(OC)c(OC)cc2c1OCC1C2=NOC1COS(C)(=O)=O. The summed E-state index contributed by atoms with van der Waals surface area (Å²) in [5, 5.41) is 4.12. The molecule has 8 nitrogen and oxygen atoms in total. The topological polar surface area (TPSA) is 92.7 Å². The molecule has 24 heavy (non-hydrogen) atoms. The fraction of sp³-hybridized carbons (Fsp3) is 0.500. The second-order valence-corrected chi connectivity index (χ2v) is 7.28. The van der Waals surface area contributed by atoms with Crippen molar-refractivity contribution in [2.75, 3.05) is 33.7 Å². The third-order valence-corrected chi connectivity index (χ3v) is 4.63. The van der Waals surface area contributed by atoms with Crippen LogP contribution in [0.4, 0.5) is 0 Å². The van der Waals surface area contributed by atoms with Crippen molar-refractivity contribution in [2.24, 2.45) is 11.1 Å². The van der Waals surface area contributed by atoms with Gasteiger partial charge in [-0.25, -0.2) is 0 Å². The third-order valence-electron chi connectivity index (χ3n) is 4.07. The maximum absolute atomic E-state index is 11.2. The average Bonchev–Trinajstić information content (AvgIpc) is 2.95. The second kappa shape index (κ2) is 6.17. The van der Waals surface area contributed by atoms with Crippen molar-refractivity contribution in [1.29, 1.82) is 0 Å². The summed E-state index contributed by atoms with van der Waals surface area (Å²) < 4.78 is 43.8. The van der Waals surface area contributed by atoms with Gasteiger partial charge in [0.25, 0.3) is 10.1 Å². The van der Waals surface area contributed by atoms with Gasteiger partial charge in [0.2, 0.25) is 0 Å². The highest BCUT2D eigenvalue weighted by atomic mass is 32.2. The van der Waals surface area contributed by atoms with Crippen LogP contribution >= 0.6 is 0 Å². The van der Waals surface area contributed by atoms with Crippen LogP contribution in [0.3, 0.4) is 0 Å². The zero-order valence-corrected chi connectivity index (χ0v) is 14.7. The Balaban J connectivity index is 1.92. The van der Waals surface area contributed by atoms with E-state index in [0.29, 0.717) is 29.6 Å². The predicted molar refractivity (Wildman–Crippen MR) is 88.9 cm³/mol. The summed E-state index contributed by atoms with van der Waals surface area (Å²) in [5.74, 6) is 1.62. The molecular weight excluding hydrogens is 337 g/mol. The minimum absolute atomic E-state index is 0.110. The lowest BCUT2D eigenvalue weighted by atomic mass is 9.84. The van der Waals surface area contributed by atoms with Crippen molar-refractivity contribution in [3.05, 3.63) is 11.6 Å². The van der Waals surface area contributed by atoms with E-state index in [-0.39, 0.29) is 12.5 Å². The Morgan fingerprint density at radius 1 is 1.38 bits per heavy atom. The van der Waals surface area contributed by atoms with Crippen LogP contribution in [0.1, 0.15) is 5.56 Å². The fourth-order valence-electron chi connectivity index (χ4n) is 2.92. The van der Waals surface area contributed by atoms with E-state index >= 15 is 0 Å². The van der Waals surface area contributed by atoms with Crippen molar-refractivity contribution in [2.45, 2.75) is 6.10 Å². The first kappa shape index (κ1) is 16.9. The number of fused-ring (bicyclic) bond motifs is 3. The molecule has 2 aliphatic rings. The zero-order chi connectivity index (χ0) is 17.5. The Labute approximate surface area is 141 Å². The first-order valence-corrected chi connectivity index (χ1v) is 9.14. The molecule has 0 aromatic heterocycles. The van der Waals surface area contributed by atoms with Crippen LogP contribution in [0.5, 0.6) is 17.2 Å². The molecule has 2 unspecified atom stereocenters. The van der Waals surface area contributed by atoms with Crippen molar-refractivity contribution in [3.8, 4) is 17.2 Å². The first-order valence-electron chi connectivity index (χ1n) is 7.32. The van der Waals surface area contributed by atoms with Gasteiger partial charge in [-0.3, -0.25) is 4.18 Å². The summed E-state index contributed by atoms with van der Waals surface area (Å²) in [4.78, 5) is 5.37. The lowest BCUT2D eigenvalue weighted by molar-refractivity contribution is 0.0176. The number of methoxy groups -OCH3 is 2. The van der Waals surface area contributed by atoms with Gasteiger partial charge in [0, 0.05) is 5.56 Å². The van der Waals surface area contributed by atoms with Crippen LogP contribution in [0.25, 0.3) is 0 Å². The largest absolute Gasteiger partial charge is 0.493 e. The maximum atomic E-state index is 11.2. The van der Waals surface area contributed by atoms with Gasteiger partial charge < -0.3 is 19.0 Å². The quantitative estimate of drug-likeness (QED) is 0.497. The standard InChI is InChI=1S/C14H18BNO7S/c1-19-9-4-7-12-8(5-21-13(7)11(15)14(9)20-2)10(23-16-12)6-22-24(3,17)18/h4,8,10H,5-6,15H2,1-3H3. The van der Waals surface area contributed by atoms with Crippen LogP contribution in [0, 0.1) is 5.92 Å². The van der Waals surface area contributed by atoms with Crippen molar-refractivity contribution < 1.29 is 31.6 Å². The van der Waals surface area contributed by atoms with E-state index < -0.39 is 16.2 Å². The molecule has 130 valence electrons. The molecule has 0 fully saturated rings. The Hall–Kier alpha value is -1.94. The normalized spacial score (nSPS) is 21.9. The molecule has 3 rings (SSSR count). The minimum Gasteiger partial charge on any atom is -0.493 e. The Morgan fingerprint density at radius 3 is 2.75 bits per heavy atom. The predicted octanol–water partition coefficient (Wildman–Crippen LogP) is -0.950. The van der Waals surface area contributed by atoms with Crippen molar-refractivity contribution in [3.63, 3.8) is 0 Å². The number of nitrogens with zero attached hydrogens (tertiary/aromatic N) is 1. The molecule has 2 atom stereocenters. The zero-order valence-electron chi connectivity index (χ0n) is 13.9. The van der Waals surface area contributed by atoms with E-state index in [1.54, 1.807) is 20.3 Å². The van der Waals surface area contributed by atoms with Crippen LogP contribution in [0.15, 0.2) is 11.2 Å². The first-order chi connectivity index (χ1) is 11.4.